The standard InChI is InChI=1S/C20H24N2O/c23-20(17-10-5-2-6-11-17)21-15-14-18-12-7-13-19(22-18)16-8-3-1-4-9-16/h1,3-4,7-9,12-13,17H,2,5-6,10-11,14-15H2,(H,21,23). The highest BCUT2D eigenvalue weighted by Gasteiger charge is 2.20. The number of hydrogen-bond acceptors (Lipinski definition) is 2. The van der Waals surface area contributed by atoms with Crippen molar-refractivity contribution in [1.82, 2.24) is 10.3 Å². The molecule has 3 nitrogen and oxygen atoms in total. The predicted octanol–water partition coefficient (Wildman–Crippen LogP) is 3.99. The molecule has 1 aliphatic rings. The van der Waals surface area contributed by atoms with Crippen LogP contribution in [0.3, 0.4) is 0 Å². The molecule has 1 aromatic carbocycles. The smallest absolute Gasteiger partial charge is 0.223 e. The van der Waals surface area contributed by atoms with Gasteiger partial charge >= 0.3 is 0 Å². The van der Waals surface area contributed by atoms with E-state index in [0.29, 0.717) is 6.54 Å². The van der Waals surface area contributed by atoms with Gasteiger partial charge < -0.3 is 5.32 Å². The Bertz CT molecular complexity index is 633. The Hall–Kier alpha value is -2.16. The number of nitrogens with one attached hydrogen (secondary N) is 1. The Balaban J connectivity index is 1.53. The van der Waals surface area contributed by atoms with Crippen molar-refractivity contribution in [2.45, 2.75) is 38.5 Å². The molecule has 23 heavy (non-hydrogen) atoms. The fraction of sp³-hybridized carbons (Fsp3) is 0.400. The number of rotatable bonds is 5. The van der Waals surface area contributed by atoms with Crippen molar-refractivity contribution in [1.29, 1.82) is 0 Å². The highest BCUT2D eigenvalue weighted by atomic mass is 16.1. The molecule has 0 aliphatic heterocycles. The van der Waals surface area contributed by atoms with Crippen LogP contribution >= 0.6 is 0 Å². The second kappa shape index (κ2) is 7.91. The van der Waals surface area contributed by atoms with Gasteiger partial charge in [-0.15, -0.1) is 0 Å². The third-order valence-electron chi connectivity index (χ3n) is 4.53. The molecule has 1 heterocycles. The van der Waals surface area contributed by atoms with Crippen molar-refractivity contribution in [2.24, 2.45) is 5.92 Å². The van der Waals surface area contributed by atoms with Gasteiger partial charge in [-0.1, -0.05) is 55.7 Å². The second-order valence-electron chi connectivity index (χ2n) is 6.26. The lowest BCUT2D eigenvalue weighted by molar-refractivity contribution is -0.125. The molecule has 1 aliphatic carbocycles. The van der Waals surface area contributed by atoms with Crippen LogP contribution < -0.4 is 5.32 Å². The van der Waals surface area contributed by atoms with Gasteiger partial charge in [0.25, 0.3) is 0 Å². The zero-order valence-corrected chi connectivity index (χ0v) is 13.5. The third kappa shape index (κ3) is 4.41. The first-order valence-corrected chi connectivity index (χ1v) is 8.62. The number of carbonyl (C=O) groups is 1. The van der Waals surface area contributed by atoms with Crippen LogP contribution in [0.15, 0.2) is 48.5 Å². The van der Waals surface area contributed by atoms with Crippen LogP contribution in [-0.2, 0) is 11.2 Å². The fourth-order valence-electron chi connectivity index (χ4n) is 3.21. The number of amides is 1. The lowest BCUT2D eigenvalue weighted by Gasteiger charge is -2.20. The Morgan fingerprint density at radius 1 is 1.00 bits per heavy atom. The summed E-state index contributed by atoms with van der Waals surface area (Å²) in [7, 11) is 0. The zero-order valence-electron chi connectivity index (χ0n) is 13.5. The molecule has 0 spiro atoms. The summed E-state index contributed by atoms with van der Waals surface area (Å²) < 4.78 is 0. The lowest BCUT2D eigenvalue weighted by atomic mass is 9.89. The largest absolute Gasteiger partial charge is 0.355 e. The summed E-state index contributed by atoms with van der Waals surface area (Å²) in [5, 5.41) is 3.08. The summed E-state index contributed by atoms with van der Waals surface area (Å²) in [4.78, 5) is 16.8. The van der Waals surface area contributed by atoms with Crippen LogP contribution in [0.2, 0.25) is 0 Å². The van der Waals surface area contributed by atoms with Gasteiger partial charge in [0.2, 0.25) is 5.91 Å². The van der Waals surface area contributed by atoms with Gasteiger partial charge in [0.1, 0.15) is 0 Å². The molecule has 1 N–H and O–H groups in total. The van der Waals surface area contributed by atoms with Crippen molar-refractivity contribution < 1.29 is 4.79 Å². The highest BCUT2D eigenvalue weighted by molar-refractivity contribution is 5.78. The Morgan fingerprint density at radius 3 is 2.57 bits per heavy atom. The summed E-state index contributed by atoms with van der Waals surface area (Å²) in [5.41, 5.74) is 3.14. The Morgan fingerprint density at radius 2 is 1.78 bits per heavy atom. The lowest BCUT2D eigenvalue weighted by Crippen LogP contribution is -2.33. The number of carbonyl (C=O) groups excluding carboxylic acids is 1. The minimum atomic E-state index is 0.226. The number of nitrogens with zero attached hydrogens (tertiary/aromatic N) is 1. The molecule has 120 valence electrons. The Kier molecular flexibility index (Phi) is 5.41. The first-order valence-electron chi connectivity index (χ1n) is 8.62. The molecular formula is C20H24N2O. The molecule has 0 unspecified atom stereocenters. The van der Waals surface area contributed by atoms with Crippen LogP contribution in [0.4, 0.5) is 0 Å². The minimum absolute atomic E-state index is 0.226. The Labute approximate surface area is 138 Å². The van der Waals surface area contributed by atoms with Crippen LogP contribution in [0.25, 0.3) is 11.3 Å². The van der Waals surface area contributed by atoms with Gasteiger partial charge in [-0.05, 0) is 25.0 Å². The molecule has 0 saturated heterocycles. The molecule has 2 aromatic rings. The molecule has 1 fully saturated rings. The van der Waals surface area contributed by atoms with Gasteiger partial charge in [-0.3, -0.25) is 9.78 Å². The molecule has 1 saturated carbocycles. The summed E-state index contributed by atoms with van der Waals surface area (Å²) in [6, 6.07) is 16.3. The number of aromatic nitrogens is 1. The van der Waals surface area contributed by atoms with E-state index in [2.05, 4.69) is 17.4 Å². The average Bonchev–Trinajstić information content (AvgIpc) is 2.63. The minimum Gasteiger partial charge on any atom is -0.355 e. The van der Waals surface area contributed by atoms with Crippen molar-refractivity contribution in [3.63, 3.8) is 0 Å². The maximum atomic E-state index is 12.1. The van der Waals surface area contributed by atoms with Crippen molar-refractivity contribution in [3.05, 3.63) is 54.2 Å². The fourth-order valence-corrected chi connectivity index (χ4v) is 3.21. The van der Waals surface area contributed by atoms with E-state index >= 15 is 0 Å². The first kappa shape index (κ1) is 15.7. The molecule has 3 heteroatoms. The van der Waals surface area contributed by atoms with Crippen molar-refractivity contribution in [3.8, 4) is 11.3 Å². The van der Waals surface area contributed by atoms with Gasteiger partial charge in [-0.25, -0.2) is 0 Å². The summed E-state index contributed by atoms with van der Waals surface area (Å²) >= 11 is 0. The molecular weight excluding hydrogens is 284 g/mol. The van der Waals surface area contributed by atoms with Crippen molar-refractivity contribution in [2.75, 3.05) is 6.54 Å². The van der Waals surface area contributed by atoms with E-state index in [1.807, 2.05) is 36.4 Å². The summed E-state index contributed by atoms with van der Waals surface area (Å²) in [6.45, 7) is 0.667. The van der Waals surface area contributed by atoms with E-state index in [9.17, 15) is 4.79 Å². The summed E-state index contributed by atoms with van der Waals surface area (Å²) in [5.74, 6) is 0.455. The molecule has 3 rings (SSSR count). The van der Waals surface area contributed by atoms with E-state index < -0.39 is 0 Å². The number of pyridine rings is 1. The first-order chi connectivity index (χ1) is 11.3. The molecule has 0 radical (unpaired) electrons. The van der Waals surface area contributed by atoms with Crippen molar-refractivity contribution >= 4 is 5.91 Å². The maximum absolute atomic E-state index is 12.1. The van der Waals surface area contributed by atoms with E-state index in [-0.39, 0.29) is 11.8 Å². The number of benzene rings is 1. The van der Waals surface area contributed by atoms with E-state index in [1.54, 1.807) is 0 Å². The average molecular weight is 308 g/mol. The molecule has 1 amide bonds. The van der Waals surface area contributed by atoms with Gasteiger partial charge in [-0.2, -0.15) is 0 Å². The normalized spacial score (nSPS) is 15.3. The van der Waals surface area contributed by atoms with E-state index in [1.165, 1.54) is 19.3 Å². The third-order valence-corrected chi connectivity index (χ3v) is 4.53. The highest BCUT2D eigenvalue weighted by Crippen LogP contribution is 2.23. The molecule has 0 atom stereocenters. The zero-order chi connectivity index (χ0) is 15.9. The van der Waals surface area contributed by atoms with Gasteiger partial charge in [0.15, 0.2) is 0 Å². The molecule has 1 aromatic heterocycles. The van der Waals surface area contributed by atoms with E-state index in [4.69, 9.17) is 4.98 Å². The quantitative estimate of drug-likeness (QED) is 0.907. The van der Waals surface area contributed by atoms with E-state index in [0.717, 1.165) is 36.2 Å². The second-order valence-corrected chi connectivity index (χ2v) is 6.26. The number of hydrogen-bond donors (Lipinski definition) is 1. The molecule has 0 bridgehead atoms. The SMILES string of the molecule is O=C(NCCc1cccc(-c2ccccc2)n1)C1CCCCC1. The topological polar surface area (TPSA) is 42.0 Å². The maximum Gasteiger partial charge on any atom is 0.223 e. The summed E-state index contributed by atoms with van der Waals surface area (Å²) in [6.07, 6.45) is 6.54. The van der Waals surface area contributed by atoms with Crippen LogP contribution in [0.1, 0.15) is 37.8 Å². The monoisotopic (exact) mass is 308 g/mol. The van der Waals surface area contributed by atoms with Crippen LogP contribution in [0.5, 0.6) is 0 Å². The van der Waals surface area contributed by atoms with Gasteiger partial charge in [0, 0.05) is 30.1 Å². The predicted molar refractivity (Wildman–Crippen MR) is 93.0 cm³/mol. The van der Waals surface area contributed by atoms with Gasteiger partial charge in [0.05, 0.1) is 5.69 Å². The van der Waals surface area contributed by atoms with Crippen LogP contribution in [0, 0.1) is 5.92 Å². The van der Waals surface area contributed by atoms with Crippen LogP contribution in [-0.4, -0.2) is 17.4 Å².